The van der Waals surface area contributed by atoms with Gasteiger partial charge in [0.1, 0.15) is 11.4 Å². The fourth-order valence-corrected chi connectivity index (χ4v) is 3.60. The smallest absolute Gasteiger partial charge is 0.132 e. The first kappa shape index (κ1) is 14.4. The molecule has 0 saturated carbocycles. The Morgan fingerprint density at radius 1 is 1.29 bits per heavy atom. The average Bonchev–Trinajstić information content (AvgIpc) is 2.45. The minimum absolute atomic E-state index is 0.102. The average molecular weight is 284 g/mol. The van der Waals surface area contributed by atoms with Crippen LogP contribution in [0.1, 0.15) is 51.7 Å². The number of aliphatic hydroxyl groups is 1. The van der Waals surface area contributed by atoms with Gasteiger partial charge in [0.2, 0.25) is 0 Å². The quantitative estimate of drug-likeness (QED) is 0.898. The second kappa shape index (κ2) is 5.03. The molecule has 1 aliphatic heterocycles. The number of aryl methyl sites for hydroxylation is 1. The lowest BCUT2D eigenvalue weighted by Gasteiger charge is -2.43. The zero-order chi connectivity index (χ0) is 15.2. The van der Waals surface area contributed by atoms with Crippen molar-refractivity contribution in [1.82, 2.24) is 0 Å². The fourth-order valence-electron chi connectivity index (χ4n) is 3.60. The van der Waals surface area contributed by atoms with E-state index in [1.807, 2.05) is 0 Å². The minimum atomic E-state index is -0.268. The van der Waals surface area contributed by atoms with E-state index >= 15 is 0 Å². The molecule has 0 spiro atoms. The monoisotopic (exact) mass is 284 g/mol. The number of benzene rings is 1. The summed E-state index contributed by atoms with van der Waals surface area (Å²) < 4.78 is 6.38. The Morgan fingerprint density at radius 2 is 2.05 bits per heavy atom. The summed E-state index contributed by atoms with van der Waals surface area (Å²) in [5, 5.41) is 9.81. The van der Waals surface area contributed by atoms with Crippen LogP contribution in [0, 0.1) is 0 Å². The van der Waals surface area contributed by atoms with Crippen LogP contribution in [0.15, 0.2) is 34.9 Å². The van der Waals surface area contributed by atoms with Crippen molar-refractivity contribution >= 4 is 5.57 Å². The molecule has 1 N–H and O–H groups in total. The van der Waals surface area contributed by atoms with E-state index in [1.165, 1.54) is 22.3 Å². The van der Waals surface area contributed by atoms with Crippen molar-refractivity contribution in [3.63, 3.8) is 0 Å². The molecule has 1 aliphatic carbocycles. The highest BCUT2D eigenvalue weighted by molar-refractivity contribution is 5.81. The van der Waals surface area contributed by atoms with E-state index in [-0.39, 0.29) is 12.2 Å². The van der Waals surface area contributed by atoms with Gasteiger partial charge in [-0.05, 0) is 61.1 Å². The number of rotatable bonds is 3. The largest absolute Gasteiger partial charge is 0.482 e. The van der Waals surface area contributed by atoms with E-state index in [4.69, 9.17) is 4.74 Å². The van der Waals surface area contributed by atoms with Crippen LogP contribution in [0.4, 0.5) is 0 Å². The van der Waals surface area contributed by atoms with Gasteiger partial charge in [-0.25, -0.2) is 0 Å². The van der Waals surface area contributed by atoms with Crippen molar-refractivity contribution in [2.24, 2.45) is 0 Å². The third-order valence-corrected chi connectivity index (χ3v) is 5.09. The molecule has 1 aromatic carbocycles. The van der Waals surface area contributed by atoms with Gasteiger partial charge >= 0.3 is 0 Å². The second-order valence-corrected chi connectivity index (χ2v) is 6.46. The first-order valence-electron chi connectivity index (χ1n) is 7.83. The van der Waals surface area contributed by atoms with Gasteiger partial charge in [0, 0.05) is 12.0 Å². The predicted octanol–water partition coefficient (Wildman–Crippen LogP) is 4.28. The lowest BCUT2D eigenvalue weighted by Crippen LogP contribution is -2.40. The number of ether oxygens (including phenoxy) is 1. The molecule has 2 aliphatic rings. The number of aliphatic hydroxyl groups excluding tert-OH is 1. The lowest BCUT2D eigenvalue weighted by atomic mass is 9.73. The van der Waals surface area contributed by atoms with Gasteiger partial charge in [-0.1, -0.05) is 25.5 Å². The molecule has 0 amide bonds. The van der Waals surface area contributed by atoms with Crippen molar-refractivity contribution in [1.29, 1.82) is 0 Å². The summed E-state index contributed by atoms with van der Waals surface area (Å²) in [7, 11) is 0. The molecule has 0 radical (unpaired) electrons. The summed E-state index contributed by atoms with van der Waals surface area (Å²) in [5.74, 6) is 0.975. The Hall–Kier alpha value is -1.54. The van der Waals surface area contributed by atoms with Crippen molar-refractivity contribution < 1.29 is 9.84 Å². The van der Waals surface area contributed by atoms with E-state index in [1.54, 1.807) is 0 Å². The molecule has 2 heteroatoms. The van der Waals surface area contributed by atoms with Crippen LogP contribution in [0.5, 0.6) is 5.75 Å². The van der Waals surface area contributed by atoms with Crippen LogP contribution in [0.25, 0.3) is 5.57 Å². The summed E-state index contributed by atoms with van der Waals surface area (Å²) in [6.07, 6.45) is 3.07. The highest BCUT2D eigenvalue weighted by Crippen LogP contribution is 2.50. The Labute approximate surface area is 127 Å². The van der Waals surface area contributed by atoms with Crippen molar-refractivity contribution in [3.05, 3.63) is 46.0 Å². The molecular weight excluding hydrogens is 260 g/mol. The number of hydrogen-bond donors (Lipinski definition) is 1. The van der Waals surface area contributed by atoms with E-state index in [0.717, 1.165) is 36.1 Å². The first-order valence-corrected chi connectivity index (χ1v) is 7.83. The van der Waals surface area contributed by atoms with Gasteiger partial charge in [0.25, 0.3) is 0 Å². The van der Waals surface area contributed by atoms with Crippen LogP contribution in [0.3, 0.4) is 0 Å². The molecule has 112 valence electrons. The molecule has 1 heterocycles. The van der Waals surface area contributed by atoms with Gasteiger partial charge in [0.15, 0.2) is 0 Å². The highest BCUT2D eigenvalue weighted by Gasteiger charge is 2.41. The van der Waals surface area contributed by atoms with Crippen LogP contribution in [0.2, 0.25) is 0 Å². The van der Waals surface area contributed by atoms with Crippen LogP contribution in [-0.4, -0.2) is 17.3 Å². The highest BCUT2D eigenvalue weighted by atomic mass is 16.5. The molecular formula is C19H24O2. The molecule has 1 unspecified atom stereocenters. The third-order valence-electron chi connectivity index (χ3n) is 5.09. The summed E-state index contributed by atoms with van der Waals surface area (Å²) in [5.41, 5.74) is 6.97. The topological polar surface area (TPSA) is 29.5 Å². The summed E-state index contributed by atoms with van der Waals surface area (Å²) >= 11 is 0. The minimum Gasteiger partial charge on any atom is -0.482 e. The zero-order valence-corrected chi connectivity index (χ0v) is 13.4. The van der Waals surface area contributed by atoms with Gasteiger partial charge < -0.3 is 9.84 Å². The Kier molecular flexibility index (Phi) is 3.45. The Balaban J connectivity index is 2.19. The van der Waals surface area contributed by atoms with Crippen LogP contribution >= 0.6 is 0 Å². The predicted molar refractivity (Wildman–Crippen MR) is 86.5 cm³/mol. The maximum Gasteiger partial charge on any atom is 0.132 e. The molecule has 0 saturated heterocycles. The van der Waals surface area contributed by atoms with E-state index in [2.05, 4.69) is 45.9 Å². The van der Waals surface area contributed by atoms with E-state index in [0.29, 0.717) is 0 Å². The molecule has 3 rings (SSSR count). The van der Waals surface area contributed by atoms with Crippen molar-refractivity contribution in [2.75, 3.05) is 6.61 Å². The summed E-state index contributed by atoms with van der Waals surface area (Å²) in [6.45, 7) is 8.68. The normalized spacial score (nSPS) is 24.0. The Bertz CT molecular complexity index is 652. The van der Waals surface area contributed by atoms with Crippen LogP contribution < -0.4 is 4.74 Å². The maximum atomic E-state index is 9.81. The number of hydrogen-bond acceptors (Lipinski definition) is 2. The van der Waals surface area contributed by atoms with Crippen molar-refractivity contribution in [3.8, 4) is 5.75 Å². The standard InChI is InChI=1S/C19H24O2/c1-5-6-14-7-8-15-16-10-19(4,21-18(15)9-14)13(3)12(2)17(16)11-20/h7-9,20H,5-6,10-11H2,1-4H3. The first-order chi connectivity index (χ1) is 10.00. The van der Waals surface area contributed by atoms with Crippen molar-refractivity contribution in [2.45, 2.75) is 52.6 Å². The summed E-state index contributed by atoms with van der Waals surface area (Å²) in [4.78, 5) is 0. The lowest BCUT2D eigenvalue weighted by molar-refractivity contribution is 0.121. The molecule has 2 bridgehead atoms. The zero-order valence-electron chi connectivity index (χ0n) is 13.4. The molecule has 0 fully saturated rings. The molecule has 0 aromatic heterocycles. The molecule has 1 atom stereocenters. The fraction of sp³-hybridized carbons (Fsp3) is 0.474. The van der Waals surface area contributed by atoms with Gasteiger partial charge in [-0.2, -0.15) is 0 Å². The Morgan fingerprint density at radius 3 is 2.71 bits per heavy atom. The second-order valence-electron chi connectivity index (χ2n) is 6.46. The van der Waals surface area contributed by atoms with Gasteiger partial charge in [0.05, 0.1) is 6.61 Å². The number of fused-ring (bicyclic) bond motifs is 4. The van der Waals surface area contributed by atoms with E-state index < -0.39 is 0 Å². The van der Waals surface area contributed by atoms with E-state index in [9.17, 15) is 5.11 Å². The third kappa shape index (κ3) is 2.13. The summed E-state index contributed by atoms with van der Waals surface area (Å²) in [6, 6.07) is 6.54. The SMILES string of the molecule is CCCc1ccc2c(c1)OC1(C)CC2=C(CO)C(C)=C1C. The van der Waals surface area contributed by atoms with Gasteiger partial charge in [-0.3, -0.25) is 0 Å². The van der Waals surface area contributed by atoms with Crippen LogP contribution in [-0.2, 0) is 6.42 Å². The van der Waals surface area contributed by atoms with Gasteiger partial charge in [-0.15, -0.1) is 0 Å². The molecule has 21 heavy (non-hydrogen) atoms. The molecule has 1 aromatic rings. The maximum absolute atomic E-state index is 9.81. The molecule has 2 nitrogen and oxygen atoms in total.